The van der Waals surface area contributed by atoms with Gasteiger partial charge in [0.1, 0.15) is 13.2 Å². The van der Waals surface area contributed by atoms with Crippen LogP contribution in [0.25, 0.3) is 64.6 Å². The summed E-state index contributed by atoms with van der Waals surface area (Å²) in [6.45, 7) is -0.155. The van der Waals surface area contributed by atoms with Crippen LogP contribution in [0.2, 0.25) is 0 Å². The molecule has 2 aliphatic rings. The summed E-state index contributed by atoms with van der Waals surface area (Å²) in [5, 5.41) is 2.63. The van der Waals surface area contributed by atoms with E-state index in [0.717, 1.165) is 58.1 Å². The SMILES string of the molecule is O=C1C(=Cc2cc3c(C(=O)OCc4ccccc4)cc4c(cc(C(=O)OCc5ccccc5)c5cc(C=C6C(=O)c7cc8cc(F)c(F)cc8cc7C6=O)sc54)c3s2)C(=O)c2cc3cc(F)c(F)cc3cc21. The molecule has 2 aromatic heterocycles. The van der Waals surface area contributed by atoms with E-state index in [1.807, 2.05) is 12.1 Å². The molecule has 8 aromatic carbocycles. The average molecular weight is 993 g/mol. The number of fused-ring (bicyclic) bond motifs is 9. The molecule has 12 rings (SSSR count). The van der Waals surface area contributed by atoms with Crippen LogP contribution in [0, 0.1) is 23.3 Å². The number of carbonyl (C=O) groups excluding carboxylic acids is 6. The predicted molar refractivity (Wildman–Crippen MR) is 267 cm³/mol. The summed E-state index contributed by atoms with van der Waals surface area (Å²) in [5.41, 5.74) is 1.34. The fourth-order valence-electron chi connectivity index (χ4n) is 9.35. The van der Waals surface area contributed by atoms with E-state index in [-0.39, 0.29) is 79.3 Å². The van der Waals surface area contributed by atoms with Gasteiger partial charge in [-0.05, 0) is 118 Å². The molecule has 0 unspecified atom stereocenters. The zero-order chi connectivity index (χ0) is 49.7. The van der Waals surface area contributed by atoms with Crippen LogP contribution in [0.15, 0.2) is 145 Å². The van der Waals surface area contributed by atoms with Gasteiger partial charge in [-0.2, -0.15) is 0 Å². The molecule has 0 bridgehead atoms. The fraction of sp³-hybridized carbons (Fsp3) is 0.0345. The molecule has 0 radical (unpaired) electrons. The number of benzene rings is 8. The lowest BCUT2D eigenvalue weighted by Crippen LogP contribution is -2.07. The molecule has 0 saturated heterocycles. The van der Waals surface area contributed by atoms with E-state index >= 15 is 0 Å². The molecule has 0 fully saturated rings. The minimum atomic E-state index is -1.11. The van der Waals surface area contributed by atoms with Gasteiger partial charge >= 0.3 is 11.9 Å². The maximum absolute atomic E-state index is 14.3. The number of Topliss-reactive ketones (excluding diaryl/α,β-unsaturated/α-hetero) is 4. The topological polar surface area (TPSA) is 121 Å². The molecule has 14 heteroatoms. The van der Waals surface area contributed by atoms with Crippen molar-refractivity contribution in [2.45, 2.75) is 13.2 Å². The monoisotopic (exact) mass is 992 g/mol. The van der Waals surface area contributed by atoms with Crippen molar-refractivity contribution < 1.29 is 55.8 Å². The van der Waals surface area contributed by atoms with Crippen molar-refractivity contribution in [1.82, 2.24) is 0 Å². The van der Waals surface area contributed by atoms with Gasteiger partial charge in [0.25, 0.3) is 0 Å². The van der Waals surface area contributed by atoms with Crippen molar-refractivity contribution >= 4 is 122 Å². The molecule has 2 aliphatic carbocycles. The first kappa shape index (κ1) is 44.5. The van der Waals surface area contributed by atoms with Crippen LogP contribution in [0.1, 0.15) is 83.0 Å². The molecule has 72 heavy (non-hydrogen) atoms. The summed E-state index contributed by atoms with van der Waals surface area (Å²) >= 11 is 2.27. The largest absolute Gasteiger partial charge is 0.457 e. The smallest absolute Gasteiger partial charge is 0.339 e. The third-order valence-electron chi connectivity index (χ3n) is 12.9. The van der Waals surface area contributed by atoms with Crippen molar-refractivity contribution in [2.75, 3.05) is 0 Å². The molecule has 0 spiro atoms. The van der Waals surface area contributed by atoms with E-state index in [0.29, 0.717) is 40.7 Å². The van der Waals surface area contributed by atoms with Crippen LogP contribution in [-0.4, -0.2) is 35.1 Å². The Kier molecular flexibility index (Phi) is 10.5. The first-order valence-electron chi connectivity index (χ1n) is 22.1. The highest BCUT2D eigenvalue weighted by Crippen LogP contribution is 2.45. The Bertz CT molecular complexity index is 3810. The summed E-state index contributed by atoms with van der Waals surface area (Å²) in [6.07, 6.45) is 2.80. The second-order valence-electron chi connectivity index (χ2n) is 17.3. The third-order valence-corrected chi connectivity index (χ3v) is 15.1. The van der Waals surface area contributed by atoms with E-state index < -0.39 is 58.3 Å². The quantitative estimate of drug-likeness (QED) is 0.0639. The number of thiophene rings is 2. The highest BCUT2D eigenvalue weighted by Gasteiger charge is 2.36. The van der Waals surface area contributed by atoms with Gasteiger partial charge in [0, 0.05) is 63.0 Å². The minimum absolute atomic E-state index is 0.0232. The number of ketones is 4. The van der Waals surface area contributed by atoms with Crippen molar-refractivity contribution in [3.8, 4) is 0 Å². The van der Waals surface area contributed by atoms with Gasteiger partial charge in [0.2, 0.25) is 0 Å². The van der Waals surface area contributed by atoms with Gasteiger partial charge < -0.3 is 9.47 Å². The fourth-order valence-corrected chi connectivity index (χ4v) is 11.6. The first-order valence-corrected chi connectivity index (χ1v) is 23.8. The van der Waals surface area contributed by atoms with Crippen LogP contribution in [0.3, 0.4) is 0 Å². The van der Waals surface area contributed by atoms with Gasteiger partial charge in [-0.1, -0.05) is 60.7 Å². The Hall–Kier alpha value is -8.72. The lowest BCUT2D eigenvalue weighted by molar-refractivity contribution is 0.0466. The Morgan fingerprint density at radius 1 is 0.417 bits per heavy atom. The average Bonchev–Trinajstić information content (AvgIpc) is 4.12. The van der Waals surface area contributed by atoms with Crippen LogP contribution in [0.4, 0.5) is 17.6 Å². The molecular formula is C58H28F4O8S2. The van der Waals surface area contributed by atoms with Crippen LogP contribution >= 0.6 is 22.7 Å². The molecule has 0 aliphatic heterocycles. The van der Waals surface area contributed by atoms with Crippen molar-refractivity contribution in [2.24, 2.45) is 0 Å². The van der Waals surface area contributed by atoms with Gasteiger partial charge in [-0.25, -0.2) is 27.2 Å². The highest BCUT2D eigenvalue weighted by molar-refractivity contribution is 7.22. The maximum atomic E-state index is 14.3. The van der Waals surface area contributed by atoms with E-state index in [2.05, 4.69) is 0 Å². The molecule has 10 aromatic rings. The Labute approximate surface area is 411 Å². The summed E-state index contributed by atoms with van der Waals surface area (Å²) < 4.78 is 69.6. The van der Waals surface area contributed by atoms with E-state index in [9.17, 15) is 46.3 Å². The van der Waals surface area contributed by atoms with Gasteiger partial charge in [-0.3, -0.25) is 19.2 Å². The number of rotatable bonds is 8. The Morgan fingerprint density at radius 2 is 0.736 bits per heavy atom. The Balaban J connectivity index is 1.03. The molecule has 8 nitrogen and oxygen atoms in total. The van der Waals surface area contributed by atoms with E-state index in [1.54, 1.807) is 72.8 Å². The zero-order valence-corrected chi connectivity index (χ0v) is 38.5. The van der Waals surface area contributed by atoms with Gasteiger partial charge in [0.05, 0.1) is 22.3 Å². The third kappa shape index (κ3) is 7.42. The molecule has 2 heterocycles. The predicted octanol–water partition coefficient (Wildman–Crippen LogP) is 13.8. The number of carbonyl (C=O) groups is 6. The summed E-state index contributed by atoms with van der Waals surface area (Å²) in [5.74, 6) is -8.36. The zero-order valence-electron chi connectivity index (χ0n) is 36.9. The lowest BCUT2D eigenvalue weighted by Gasteiger charge is -2.12. The molecule has 0 N–H and O–H groups in total. The van der Waals surface area contributed by atoms with Crippen molar-refractivity contribution in [1.29, 1.82) is 0 Å². The normalized spacial score (nSPS) is 13.3. The number of allylic oxidation sites excluding steroid dienone is 2. The highest BCUT2D eigenvalue weighted by atomic mass is 32.1. The van der Waals surface area contributed by atoms with Crippen molar-refractivity contribution in [3.05, 3.63) is 222 Å². The number of halogens is 4. The number of hydrogen-bond donors (Lipinski definition) is 0. The molecular weight excluding hydrogens is 965 g/mol. The second kappa shape index (κ2) is 17.0. The number of ether oxygens (including phenoxy) is 2. The van der Waals surface area contributed by atoms with E-state index in [4.69, 9.17) is 9.47 Å². The number of hydrogen-bond acceptors (Lipinski definition) is 10. The van der Waals surface area contributed by atoms with Crippen LogP contribution in [-0.2, 0) is 22.7 Å². The maximum Gasteiger partial charge on any atom is 0.339 e. The van der Waals surface area contributed by atoms with E-state index in [1.165, 1.54) is 36.4 Å². The molecule has 0 amide bonds. The second-order valence-corrected chi connectivity index (χ2v) is 19.5. The first-order chi connectivity index (χ1) is 34.8. The van der Waals surface area contributed by atoms with Gasteiger partial charge in [-0.15, -0.1) is 22.7 Å². The van der Waals surface area contributed by atoms with Crippen molar-refractivity contribution in [3.63, 3.8) is 0 Å². The number of esters is 2. The summed E-state index contributed by atoms with van der Waals surface area (Å²) in [7, 11) is 0. The lowest BCUT2D eigenvalue weighted by atomic mass is 9.98. The Morgan fingerprint density at radius 3 is 1.06 bits per heavy atom. The summed E-state index contributed by atoms with van der Waals surface area (Å²) in [6, 6.07) is 33.8. The molecule has 0 saturated carbocycles. The molecule has 0 atom stereocenters. The van der Waals surface area contributed by atoms with Crippen LogP contribution in [0.5, 0.6) is 0 Å². The van der Waals surface area contributed by atoms with Crippen LogP contribution < -0.4 is 0 Å². The standard InChI is InChI=1S/C58H28F4O8S2/c59-47-15-29-11-35-36(12-30(29)16-48(47)60)52(64)45(51(35)63)21-33-19-39-43(57(67)69-25-27-7-3-1-4-8-27)23-41-42(55(39)71-33)24-44(58(68)70-26-28-9-5-2-6-10-28)40-20-34(72-56(40)41)22-46-53(65)37-13-31-17-49(61)50(62)18-32(31)14-38(37)54(46)66/h1-24H,25-26H2. The molecule has 348 valence electrons. The van der Waals surface area contributed by atoms with Gasteiger partial charge in [0.15, 0.2) is 46.4 Å². The summed E-state index contributed by atoms with van der Waals surface area (Å²) in [4.78, 5) is 85.1. The minimum Gasteiger partial charge on any atom is -0.457 e.